The third kappa shape index (κ3) is 2.36. The zero-order valence-electron chi connectivity index (χ0n) is 7.22. The third-order valence-electron chi connectivity index (χ3n) is 1.94. The Labute approximate surface area is 90.8 Å². The second kappa shape index (κ2) is 4.31. The van der Waals surface area contributed by atoms with Crippen molar-refractivity contribution in [3.8, 4) is 5.75 Å². The van der Waals surface area contributed by atoms with E-state index in [9.17, 15) is 5.11 Å². The van der Waals surface area contributed by atoms with E-state index in [-0.39, 0.29) is 11.7 Å². The minimum absolute atomic E-state index is 0.106. The Hall–Kier alpha value is -0.250. The molecule has 0 amide bonds. The molecule has 0 saturated heterocycles. The molecule has 1 atom stereocenters. The largest absolute Gasteiger partial charge is 0.506 e. The van der Waals surface area contributed by atoms with Crippen molar-refractivity contribution in [1.82, 2.24) is 0 Å². The summed E-state index contributed by atoms with van der Waals surface area (Å²) in [5, 5.41) is 9.97. The van der Waals surface area contributed by atoms with Gasteiger partial charge in [0, 0.05) is 10.0 Å². The number of benzene rings is 1. The molecule has 0 spiro atoms. The van der Waals surface area contributed by atoms with Crippen LogP contribution in [0.3, 0.4) is 0 Å². The molecule has 0 aliphatic rings. The van der Waals surface area contributed by atoms with Crippen molar-refractivity contribution in [1.29, 1.82) is 0 Å². The Morgan fingerprint density at radius 3 is 2.77 bits per heavy atom. The van der Waals surface area contributed by atoms with Crippen molar-refractivity contribution in [2.24, 2.45) is 5.73 Å². The van der Waals surface area contributed by atoms with Crippen molar-refractivity contribution >= 4 is 27.5 Å². The van der Waals surface area contributed by atoms with Crippen LogP contribution >= 0.6 is 27.5 Å². The summed E-state index contributed by atoms with van der Waals surface area (Å²) in [6, 6.07) is 3.49. The van der Waals surface area contributed by atoms with Crippen molar-refractivity contribution in [3.63, 3.8) is 0 Å². The second-order valence-electron chi connectivity index (χ2n) is 2.96. The van der Waals surface area contributed by atoms with E-state index in [1.807, 2.05) is 13.0 Å². The van der Waals surface area contributed by atoms with E-state index in [4.69, 9.17) is 17.3 Å². The highest BCUT2D eigenvalue weighted by atomic mass is 79.9. The maximum absolute atomic E-state index is 9.62. The molecule has 0 heterocycles. The Balaban J connectivity index is 3.20. The van der Waals surface area contributed by atoms with E-state index in [0.717, 1.165) is 10.0 Å². The molecule has 4 heteroatoms. The van der Waals surface area contributed by atoms with Gasteiger partial charge in [0.05, 0.1) is 5.02 Å². The minimum Gasteiger partial charge on any atom is -0.506 e. The van der Waals surface area contributed by atoms with Crippen LogP contribution in [0.25, 0.3) is 0 Å². The zero-order valence-corrected chi connectivity index (χ0v) is 9.56. The summed E-state index contributed by atoms with van der Waals surface area (Å²) < 4.78 is 0.852. The van der Waals surface area contributed by atoms with Crippen LogP contribution in [0.15, 0.2) is 16.6 Å². The van der Waals surface area contributed by atoms with Gasteiger partial charge in [0.15, 0.2) is 0 Å². The predicted octanol–water partition coefficient (Wildman–Crippen LogP) is 2.87. The maximum Gasteiger partial charge on any atom is 0.137 e. The number of aromatic hydroxyl groups is 1. The Bertz CT molecular complexity index is 317. The van der Waals surface area contributed by atoms with Crippen molar-refractivity contribution < 1.29 is 5.11 Å². The molecular weight excluding hydrogens is 253 g/mol. The first kappa shape index (κ1) is 10.8. The Kier molecular flexibility index (Phi) is 3.59. The number of halogens is 2. The van der Waals surface area contributed by atoms with E-state index in [1.165, 1.54) is 0 Å². The van der Waals surface area contributed by atoms with Gasteiger partial charge in [-0.1, -0.05) is 34.5 Å². The molecule has 13 heavy (non-hydrogen) atoms. The van der Waals surface area contributed by atoms with Crippen LogP contribution in [0.2, 0.25) is 5.02 Å². The summed E-state index contributed by atoms with van der Waals surface area (Å²) in [6.45, 7) is 2.43. The van der Waals surface area contributed by atoms with Gasteiger partial charge in [-0.25, -0.2) is 0 Å². The first-order valence-corrected chi connectivity index (χ1v) is 5.11. The lowest BCUT2D eigenvalue weighted by Crippen LogP contribution is -2.09. The van der Waals surface area contributed by atoms with E-state index in [1.54, 1.807) is 6.07 Å². The van der Waals surface area contributed by atoms with Gasteiger partial charge in [-0.15, -0.1) is 0 Å². The molecular formula is C9H11BrClNO. The summed E-state index contributed by atoms with van der Waals surface area (Å²) in [5.74, 6) is 0.234. The third-order valence-corrected chi connectivity index (χ3v) is 2.69. The molecule has 0 saturated carbocycles. The molecule has 0 aliphatic heterocycles. The van der Waals surface area contributed by atoms with Crippen molar-refractivity contribution in [2.75, 3.05) is 6.54 Å². The summed E-state index contributed by atoms with van der Waals surface area (Å²) in [4.78, 5) is 0. The minimum atomic E-state index is 0.106. The van der Waals surface area contributed by atoms with E-state index in [0.29, 0.717) is 11.6 Å². The van der Waals surface area contributed by atoms with Crippen LogP contribution in [0, 0.1) is 0 Å². The van der Waals surface area contributed by atoms with Crippen LogP contribution in [0.1, 0.15) is 18.4 Å². The Morgan fingerprint density at radius 2 is 2.23 bits per heavy atom. The van der Waals surface area contributed by atoms with Crippen LogP contribution in [0.5, 0.6) is 5.75 Å². The fraction of sp³-hybridized carbons (Fsp3) is 0.333. The number of phenols is 1. The first-order chi connectivity index (χ1) is 6.06. The van der Waals surface area contributed by atoms with Crippen LogP contribution in [0.4, 0.5) is 0 Å². The average molecular weight is 265 g/mol. The smallest absolute Gasteiger partial charge is 0.137 e. The number of nitrogens with two attached hydrogens (primary N) is 1. The van der Waals surface area contributed by atoms with Gasteiger partial charge in [0.2, 0.25) is 0 Å². The summed E-state index contributed by atoms with van der Waals surface area (Å²) in [7, 11) is 0. The molecule has 0 aromatic heterocycles. The van der Waals surface area contributed by atoms with Gasteiger partial charge in [0.1, 0.15) is 5.75 Å². The van der Waals surface area contributed by atoms with Gasteiger partial charge >= 0.3 is 0 Å². The second-order valence-corrected chi connectivity index (χ2v) is 4.29. The fourth-order valence-electron chi connectivity index (χ4n) is 1.09. The van der Waals surface area contributed by atoms with E-state index >= 15 is 0 Å². The predicted molar refractivity (Wildman–Crippen MR) is 58.3 cm³/mol. The standard InChI is InChI=1S/C9H11BrClNO/c1-5(4-12)7-2-6(10)3-8(11)9(7)13/h2-3,5,13H,4,12H2,1H3. The number of hydrogen-bond acceptors (Lipinski definition) is 2. The summed E-state index contributed by atoms with van der Waals surface area (Å²) >= 11 is 9.11. The topological polar surface area (TPSA) is 46.2 Å². The number of phenolic OH excluding ortho intramolecular Hbond substituents is 1. The van der Waals surface area contributed by atoms with Crippen LogP contribution in [-0.4, -0.2) is 11.7 Å². The molecule has 0 bridgehead atoms. The SMILES string of the molecule is CC(CN)c1cc(Br)cc(Cl)c1O. The highest BCUT2D eigenvalue weighted by molar-refractivity contribution is 9.10. The highest BCUT2D eigenvalue weighted by Gasteiger charge is 2.12. The van der Waals surface area contributed by atoms with E-state index in [2.05, 4.69) is 15.9 Å². The lowest BCUT2D eigenvalue weighted by Gasteiger charge is -2.12. The highest BCUT2D eigenvalue weighted by Crippen LogP contribution is 2.35. The molecule has 0 fully saturated rings. The van der Waals surface area contributed by atoms with Gasteiger partial charge in [0.25, 0.3) is 0 Å². The molecule has 2 nitrogen and oxygen atoms in total. The van der Waals surface area contributed by atoms with E-state index < -0.39 is 0 Å². The van der Waals surface area contributed by atoms with Crippen molar-refractivity contribution in [2.45, 2.75) is 12.8 Å². The average Bonchev–Trinajstić information content (AvgIpc) is 2.10. The molecule has 1 aromatic rings. The van der Waals surface area contributed by atoms with Gasteiger partial charge in [-0.2, -0.15) is 0 Å². The van der Waals surface area contributed by atoms with Gasteiger partial charge < -0.3 is 10.8 Å². The summed E-state index contributed by atoms with van der Waals surface area (Å²) in [6.07, 6.45) is 0. The quantitative estimate of drug-likeness (QED) is 0.863. The number of rotatable bonds is 2. The van der Waals surface area contributed by atoms with Gasteiger partial charge in [-0.3, -0.25) is 0 Å². The molecule has 0 radical (unpaired) electrons. The molecule has 0 aliphatic carbocycles. The molecule has 3 N–H and O–H groups in total. The fourth-order valence-corrected chi connectivity index (χ4v) is 1.92. The molecule has 1 unspecified atom stereocenters. The first-order valence-electron chi connectivity index (χ1n) is 3.94. The van der Waals surface area contributed by atoms with Crippen LogP contribution in [-0.2, 0) is 0 Å². The Morgan fingerprint density at radius 1 is 1.62 bits per heavy atom. The normalized spacial score (nSPS) is 12.9. The maximum atomic E-state index is 9.62. The summed E-state index contributed by atoms with van der Waals surface area (Å²) in [5.41, 5.74) is 6.28. The lowest BCUT2D eigenvalue weighted by atomic mass is 10.0. The van der Waals surface area contributed by atoms with Gasteiger partial charge in [-0.05, 0) is 24.6 Å². The molecule has 1 rings (SSSR count). The zero-order chi connectivity index (χ0) is 10.0. The van der Waals surface area contributed by atoms with Crippen molar-refractivity contribution in [3.05, 3.63) is 27.2 Å². The molecule has 72 valence electrons. The van der Waals surface area contributed by atoms with Crippen LogP contribution < -0.4 is 5.73 Å². The number of hydrogen-bond donors (Lipinski definition) is 2. The monoisotopic (exact) mass is 263 g/mol. The lowest BCUT2D eigenvalue weighted by molar-refractivity contribution is 0.463. The molecule has 1 aromatic carbocycles.